The number of hydrogen-bond acceptors (Lipinski definition) is 2. The lowest BCUT2D eigenvalue weighted by Crippen LogP contribution is -2.22. The molecule has 1 N–H and O–H groups in total. The van der Waals surface area contributed by atoms with E-state index in [0.29, 0.717) is 6.04 Å². The highest BCUT2D eigenvalue weighted by molar-refractivity contribution is 7.98. The molecule has 1 aliphatic rings. The maximum atomic E-state index is 3.34. The fraction of sp³-hybridized carbons (Fsp3) is 0.400. The zero-order chi connectivity index (χ0) is 8.39. The maximum absolute atomic E-state index is 3.34. The summed E-state index contributed by atoms with van der Waals surface area (Å²) in [5.41, 5.74) is 2.98. The lowest BCUT2D eigenvalue weighted by Gasteiger charge is -2.24. The molecule has 1 atom stereocenters. The third-order valence-electron chi connectivity index (χ3n) is 2.32. The van der Waals surface area contributed by atoms with Gasteiger partial charge in [0.05, 0.1) is 0 Å². The molecule has 0 aromatic heterocycles. The Morgan fingerprint density at radius 3 is 3.08 bits per heavy atom. The summed E-state index contributed by atoms with van der Waals surface area (Å²) in [4.78, 5) is 0. The van der Waals surface area contributed by atoms with Crippen molar-refractivity contribution in [3.05, 3.63) is 35.4 Å². The lowest BCUT2D eigenvalue weighted by atomic mass is 10.0. The molecule has 2 rings (SSSR count). The number of hydrogen-bond donors (Lipinski definition) is 1. The molecule has 0 amide bonds. The summed E-state index contributed by atoms with van der Waals surface area (Å²) < 4.78 is 0. The molecule has 64 valence electrons. The average Bonchev–Trinajstić information content (AvgIpc) is 2.17. The van der Waals surface area contributed by atoms with Gasteiger partial charge in [0.15, 0.2) is 0 Å². The van der Waals surface area contributed by atoms with Gasteiger partial charge in [-0.3, -0.25) is 0 Å². The van der Waals surface area contributed by atoms with Crippen LogP contribution in [0, 0.1) is 0 Å². The van der Waals surface area contributed by atoms with Crippen LogP contribution in [-0.2, 0) is 5.75 Å². The average molecular weight is 179 g/mol. The first-order valence-corrected chi connectivity index (χ1v) is 5.40. The van der Waals surface area contributed by atoms with Crippen LogP contribution in [0.5, 0.6) is 0 Å². The summed E-state index contributed by atoms with van der Waals surface area (Å²) in [5.74, 6) is 2.38. The minimum atomic E-state index is 0.556. The Hall–Kier alpha value is -0.470. The molecular weight excluding hydrogens is 166 g/mol. The van der Waals surface area contributed by atoms with Gasteiger partial charge < -0.3 is 5.32 Å². The van der Waals surface area contributed by atoms with Crippen molar-refractivity contribution in [3.63, 3.8) is 0 Å². The molecule has 0 fully saturated rings. The van der Waals surface area contributed by atoms with Crippen molar-refractivity contribution in [1.82, 2.24) is 5.32 Å². The highest BCUT2D eigenvalue weighted by atomic mass is 32.2. The summed E-state index contributed by atoms with van der Waals surface area (Å²) in [7, 11) is 2.04. The molecule has 0 aliphatic carbocycles. The van der Waals surface area contributed by atoms with Gasteiger partial charge in [0.1, 0.15) is 0 Å². The lowest BCUT2D eigenvalue weighted by molar-refractivity contribution is 0.651. The standard InChI is InChI=1S/C10H13NS/c1-11-10-7-12-6-8-4-2-3-5-9(8)10/h2-5,10-11H,6-7H2,1H3/t10-/m1/s1. The van der Waals surface area contributed by atoms with E-state index in [0.717, 1.165) is 0 Å². The molecule has 12 heavy (non-hydrogen) atoms. The highest BCUT2D eigenvalue weighted by Crippen LogP contribution is 2.30. The zero-order valence-electron chi connectivity index (χ0n) is 7.21. The first-order chi connectivity index (χ1) is 5.92. The van der Waals surface area contributed by atoms with E-state index in [-0.39, 0.29) is 0 Å². The predicted molar refractivity (Wildman–Crippen MR) is 54.4 cm³/mol. The van der Waals surface area contributed by atoms with Crippen molar-refractivity contribution in [1.29, 1.82) is 0 Å². The van der Waals surface area contributed by atoms with E-state index in [4.69, 9.17) is 0 Å². The van der Waals surface area contributed by atoms with E-state index < -0.39 is 0 Å². The van der Waals surface area contributed by atoms with Gasteiger partial charge in [-0.15, -0.1) is 0 Å². The smallest absolute Gasteiger partial charge is 0.0412 e. The Morgan fingerprint density at radius 2 is 2.25 bits per heavy atom. The van der Waals surface area contributed by atoms with Gasteiger partial charge in [0.25, 0.3) is 0 Å². The summed E-state index contributed by atoms with van der Waals surface area (Å²) in [6.45, 7) is 0. The number of nitrogens with one attached hydrogen (secondary N) is 1. The third-order valence-corrected chi connectivity index (χ3v) is 3.41. The summed E-state index contributed by atoms with van der Waals surface area (Å²) in [6.07, 6.45) is 0. The van der Waals surface area contributed by atoms with E-state index in [1.807, 2.05) is 18.8 Å². The third kappa shape index (κ3) is 1.37. The summed E-state index contributed by atoms with van der Waals surface area (Å²) >= 11 is 2.01. The number of benzene rings is 1. The quantitative estimate of drug-likeness (QED) is 0.709. The fourth-order valence-electron chi connectivity index (χ4n) is 1.62. The van der Waals surface area contributed by atoms with Gasteiger partial charge in [-0.05, 0) is 18.2 Å². The molecule has 0 spiro atoms. The molecule has 1 aliphatic heterocycles. The van der Waals surface area contributed by atoms with Crippen molar-refractivity contribution in [2.24, 2.45) is 0 Å². The SMILES string of the molecule is CN[C@@H]1CSCc2ccccc21. The molecule has 1 aromatic carbocycles. The van der Waals surface area contributed by atoms with Gasteiger partial charge in [-0.25, -0.2) is 0 Å². The fourth-order valence-corrected chi connectivity index (χ4v) is 2.80. The number of fused-ring (bicyclic) bond motifs is 1. The van der Waals surface area contributed by atoms with Crippen molar-refractivity contribution in [2.45, 2.75) is 11.8 Å². The molecule has 0 saturated heterocycles. The topological polar surface area (TPSA) is 12.0 Å². The van der Waals surface area contributed by atoms with E-state index in [9.17, 15) is 0 Å². The zero-order valence-corrected chi connectivity index (χ0v) is 8.03. The molecule has 1 aromatic rings. The van der Waals surface area contributed by atoms with Crippen molar-refractivity contribution in [2.75, 3.05) is 12.8 Å². The molecule has 0 bridgehead atoms. The van der Waals surface area contributed by atoms with Crippen LogP contribution in [0.4, 0.5) is 0 Å². The second kappa shape index (κ2) is 3.50. The molecular formula is C10H13NS. The molecule has 2 heteroatoms. The Morgan fingerprint density at radius 1 is 1.42 bits per heavy atom. The number of thioether (sulfide) groups is 1. The largest absolute Gasteiger partial charge is 0.312 e. The van der Waals surface area contributed by atoms with E-state index >= 15 is 0 Å². The number of rotatable bonds is 1. The van der Waals surface area contributed by atoms with Crippen LogP contribution in [0.3, 0.4) is 0 Å². The molecule has 0 radical (unpaired) electrons. The van der Waals surface area contributed by atoms with Crippen LogP contribution >= 0.6 is 11.8 Å². The maximum Gasteiger partial charge on any atom is 0.0412 e. The molecule has 1 nitrogen and oxygen atoms in total. The summed E-state index contributed by atoms with van der Waals surface area (Å²) in [6, 6.07) is 9.26. The Balaban J connectivity index is 2.37. The predicted octanol–water partition coefficient (Wildman–Crippen LogP) is 2.19. The Kier molecular flexibility index (Phi) is 2.38. The van der Waals surface area contributed by atoms with Gasteiger partial charge in [-0.1, -0.05) is 24.3 Å². The van der Waals surface area contributed by atoms with Crippen LogP contribution in [0.2, 0.25) is 0 Å². The summed E-state index contributed by atoms with van der Waals surface area (Å²) in [5, 5.41) is 3.34. The second-order valence-corrected chi connectivity index (χ2v) is 4.09. The van der Waals surface area contributed by atoms with Gasteiger partial charge in [0, 0.05) is 17.5 Å². The van der Waals surface area contributed by atoms with Crippen molar-refractivity contribution >= 4 is 11.8 Å². The Bertz CT molecular complexity index is 272. The van der Waals surface area contributed by atoms with Crippen LogP contribution in [0.25, 0.3) is 0 Å². The second-order valence-electron chi connectivity index (χ2n) is 3.06. The van der Waals surface area contributed by atoms with E-state index in [1.54, 1.807) is 0 Å². The first kappa shape index (κ1) is 8.14. The van der Waals surface area contributed by atoms with Crippen LogP contribution in [0.15, 0.2) is 24.3 Å². The molecule has 0 saturated carbocycles. The van der Waals surface area contributed by atoms with Crippen LogP contribution in [-0.4, -0.2) is 12.8 Å². The molecule has 0 unspecified atom stereocenters. The van der Waals surface area contributed by atoms with Gasteiger partial charge in [0.2, 0.25) is 0 Å². The van der Waals surface area contributed by atoms with E-state index in [2.05, 4.69) is 29.6 Å². The highest BCUT2D eigenvalue weighted by Gasteiger charge is 2.17. The first-order valence-electron chi connectivity index (χ1n) is 4.24. The van der Waals surface area contributed by atoms with Gasteiger partial charge >= 0.3 is 0 Å². The normalized spacial score (nSPS) is 21.9. The van der Waals surface area contributed by atoms with E-state index in [1.165, 1.54) is 22.6 Å². The van der Waals surface area contributed by atoms with Gasteiger partial charge in [-0.2, -0.15) is 11.8 Å². The molecule has 1 heterocycles. The monoisotopic (exact) mass is 179 g/mol. The van der Waals surface area contributed by atoms with Crippen LogP contribution < -0.4 is 5.32 Å². The minimum absolute atomic E-state index is 0.556. The Labute approximate surface area is 77.6 Å². The minimum Gasteiger partial charge on any atom is -0.312 e. The van der Waals surface area contributed by atoms with Crippen molar-refractivity contribution < 1.29 is 0 Å². The van der Waals surface area contributed by atoms with Crippen molar-refractivity contribution in [3.8, 4) is 0 Å². The van der Waals surface area contributed by atoms with Crippen LogP contribution in [0.1, 0.15) is 17.2 Å².